The van der Waals surface area contributed by atoms with Crippen molar-refractivity contribution in [2.45, 2.75) is 18.7 Å². The second-order valence-corrected chi connectivity index (χ2v) is 9.76. The number of sulfonamides is 1. The van der Waals surface area contributed by atoms with Gasteiger partial charge in [-0.1, -0.05) is 24.3 Å². The van der Waals surface area contributed by atoms with Crippen molar-refractivity contribution in [2.75, 3.05) is 16.2 Å². The molecule has 0 saturated heterocycles. The number of rotatable bonds is 6. The highest BCUT2D eigenvalue weighted by atomic mass is 127. The second-order valence-electron chi connectivity index (χ2n) is 6.65. The highest BCUT2D eigenvalue weighted by Gasteiger charge is 2.27. The molecular weight excluding hydrogens is 499 g/mol. The Morgan fingerprint density at radius 3 is 2.21 bits per heavy atom. The van der Waals surface area contributed by atoms with Gasteiger partial charge in [-0.25, -0.2) is 8.42 Å². The first-order valence-corrected chi connectivity index (χ1v) is 11.5. The van der Waals surface area contributed by atoms with E-state index < -0.39 is 15.9 Å². The first-order chi connectivity index (χ1) is 13.8. The van der Waals surface area contributed by atoms with E-state index in [1.54, 1.807) is 36.4 Å². The summed E-state index contributed by atoms with van der Waals surface area (Å²) >= 11 is 2.15. The number of nitrogens with one attached hydrogen (secondary N) is 1. The maximum Gasteiger partial charge on any atom is 0.264 e. The maximum absolute atomic E-state index is 13.2. The Labute approximate surface area is 184 Å². The van der Waals surface area contributed by atoms with Crippen LogP contribution in [0.2, 0.25) is 0 Å². The molecule has 1 amide bonds. The number of hydrogen-bond acceptors (Lipinski definition) is 3. The third kappa shape index (κ3) is 5.16. The summed E-state index contributed by atoms with van der Waals surface area (Å²) in [6.07, 6.45) is 0. The van der Waals surface area contributed by atoms with Gasteiger partial charge in [-0.05, 0) is 96.1 Å². The lowest BCUT2D eigenvalue weighted by Gasteiger charge is -2.24. The van der Waals surface area contributed by atoms with E-state index >= 15 is 0 Å². The van der Waals surface area contributed by atoms with E-state index in [2.05, 4.69) is 27.9 Å². The first kappa shape index (κ1) is 21.3. The van der Waals surface area contributed by atoms with Crippen molar-refractivity contribution in [3.63, 3.8) is 0 Å². The van der Waals surface area contributed by atoms with Crippen LogP contribution in [0.5, 0.6) is 0 Å². The summed E-state index contributed by atoms with van der Waals surface area (Å²) in [4.78, 5) is 12.9. The molecular formula is C22H21IN2O3S. The van der Waals surface area contributed by atoms with Crippen LogP contribution in [0.3, 0.4) is 0 Å². The van der Waals surface area contributed by atoms with Gasteiger partial charge in [0.1, 0.15) is 6.54 Å². The van der Waals surface area contributed by atoms with Gasteiger partial charge in [0.15, 0.2) is 0 Å². The van der Waals surface area contributed by atoms with Gasteiger partial charge in [0.05, 0.1) is 10.6 Å². The molecule has 0 radical (unpaired) electrons. The molecule has 0 aliphatic carbocycles. The smallest absolute Gasteiger partial charge is 0.264 e. The zero-order valence-electron chi connectivity index (χ0n) is 16.1. The topological polar surface area (TPSA) is 66.5 Å². The fourth-order valence-corrected chi connectivity index (χ4v) is 4.59. The first-order valence-electron chi connectivity index (χ1n) is 8.98. The normalized spacial score (nSPS) is 11.1. The summed E-state index contributed by atoms with van der Waals surface area (Å²) in [5, 5.41) is 2.80. The largest absolute Gasteiger partial charge is 0.325 e. The van der Waals surface area contributed by atoms with Crippen molar-refractivity contribution in [1.29, 1.82) is 0 Å². The molecule has 1 N–H and O–H groups in total. The number of benzene rings is 3. The summed E-state index contributed by atoms with van der Waals surface area (Å²) in [6.45, 7) is 3.62. The van der Waals surface area contributed by atoms with Crippen LogP contribution in [0.4, 0.5) is 11.4 Å². The Bertz CT molecular complexity index is 1110. The van der Waals surface area contributed by atoms with Gasteiger partial charge in [-0.15, -0.1) is 0 Å². The fourth-order valence-electron chi connectivity index (χ4n) is 2.79. The minimum atomic E-state index is -3.90. The number of carbonyl (C=O) groups is 1. The van der Waals surface area contributed by atoms with E-state index in [4.69, 9.17) is 0 Å². The molecule has 3 aromatic carbocycles. The molecule has 0 fully saturated rings. The molecule has 0 saturated carbocycles. The average molecular weight is 520 g/mol. The number of carbonyl (C=O) groups excluding carboxylic acids is 1. The molecule has 3 aromatic rings. The number of nitrogens with zero attached hydrogens (tertiary/aromatic N) is 1. The van der Waals surface area contributed by atoms with E-state index in [0.717, 1.165) is 19.0 Å². The van der Waals surface area contributed by atoms with Crippen LogP contribution in [0, 0.1) is 17.4 Å². The highest BCUT2D eigenvalue weighted by molar-refractivity contribution is 14.1. The molecule has 5 nitrogen and oxygen atoms in total. The summed E-state index contributed by atoms with van der Waals surface area (Å²) in [6, 6.07) is 20.7. The zero-order chi connectivity index (χ0) is 21.0. The number of aryl methyl sites for hydroxylation is 2. The third-order valence-corrected chi connectivity index (χ3v) is 7.03. The third-order valence-electron chi connectivity index (χ3n) is 4.52. The average Bonchev–Trinajstić information content (AvgIpc) is 2.70. The van der Waals surface area contributed by atoms with Crippen molar-refractivity contribution in [3.8, 4) is 0 Å². The zero-order valence-corrected chi connectivity index (χ0v) is 19.1. The predicted octanol–water partition coefficient (Wildman–Crippen LogP) is 4.74. The molecule has 0 aliphatic rings. The van der Waals surface area contributed by atoms with Gasteiger partial charge in [0.2, 0.25) is 5.91 Å². The standard InChI is InChI=1S/C22H21IN2O3S/c1-16-8-11-19(14-17(16)2)24-22(26)15-25(20-12-9-18(23)10-13-20)29(27,28)21-6-4-3-5-7-21/h3-14H,15H2,1-2H3,(H,24,26). The van der Waals surface area contributed by atoms with Crippen molar-refractivity contribution < 1.29 is 13.2 Å². The molecule has 0 aromatic heterocycles. The quantitative estimate of drug-likeness (QED) is 0.478. The molecule has 0 bridgehead atoms. The van der Waals surface area contributed by atoms with Gasteiger partial charge in [0, 0.05) is 9.26 Å². The van der Waals surface area contributed by atoms with E-state index in [-0.39, 0.29) is 11.4 Å². The Balaban J connectivity index is 1.92. The minimum Gasteiger partial charge on any atom is -0.325 e. The van der Waals surface area contributed by atoms with Gasteiger partial charge >= 0.3 is 0 Å². The Hall–Kier alpha value is -2.39. The van der Waals surface area contributed by atoms with Gasteiger partial charge in [0.25, 0.3) is 10.0 Å². The summed E-state index contributed by atoms with van der Waals surface area (Å²) < 4.78 is 28.6. The molecule has 3 rings (SSSR count). The highest BCUT2D eigenvalue weighted by Crippen LogP contribution is 2.24. The van der Waals surface area contributed by atoms with Crippen molar-refractivity contribution in [3.05, 3.63) is 87.5 Å². The number of halogens is 1. The molecule has 0 spiro atoms. The number of amides is 1. The molecule has 0 atom stereocenters. The molecule has 0 unspecified atom stereocenters. The van der Waals surface area contributed by atoms with E-state index in [1.165, 1.54) is 12.1 Å². The summed E-state index contributed by atoms with van der Waals surface area (Å²) in [5.41, 5.74) is 3.24. The van der Waals surface area contributed by atoms with Crippen LogP contribution in [-0.4, -0.2) is 20.9 Å². The number of anilines is 2. The lowest BCUT2D eigenvalue weighted by atomic mass is 10.1. The Morgan fingerprint density at radius 2 is 1.59 bits per heavy atom. The second kappa shape index (κ2) is 8.96. The lowest BCUT2D eigenvalue weighted by Crippen LogP contribution is -2.38. The number of hydrogen-bond donors (Lipinski definition) is 1. The predicted molar refractivity (Wildman–Crippen MR) is 125 cm³/mol. The lowest BCUT2D eigenvalue weighted by molar-refractivity contribution is -0.114. The summed E-state index contributed by atoms with van der Waals surface area (Å²) in [5.74, 6) is -0.411. The molecule has 29 heavy (non-hydrogen) atoms. The molecule has 0 aliphatic heterocycles. The van der Waals surface area contributed by atoms with Gasteiger partial charge in [-0.2, -0.15) is 0 Å². The van der Waals surface area contributed by atoms with Crippen molar-refractivity contribution >= 4 is 49.9 Å². The Kier molecular flexibility index (Phi) is 6.59. The summed E-state index contributed by atoms with van der Waals surface area (Å²) in [7, 11) is -3.90. The van der Waals surface area contributed by atoms with Crippen LogP contribution < -0.4 is 9.62 Å². The maximum atomic E-state index is 13.2. The monoisotopic (exact) mass is 520 g/mol. The molecule has 0 heterocycles. The van der Waals surface area contributed by atoms with Gasteiger partial charge in [-0.3, -0.25) is 9.10 Å². The fraction of sp³-hybridized carbons (Fsp3) is 0.136. The van der Waals surface area contributed by atoms with E-state index in [1.807, 2.05) is 38.1 Å². The van der Waals surface area contributed by atoms with Crippen LogP contribution >= 0.6 is 22.6 Å². The molecule has 150 valence electrons. The Morgan fingerprint density at radius 1 is 0.931 bits per heavy atom. The minimum absolute atomic E-state index is 0.137. The SMILES string of the molecule is Cc1ccc(NC(=O)CN(c2ccc(I)cc2)S(=O)(=O)c2ccccc2)cc1C. The van der Waals surface area contributed by atoms with Crippen LogP contribution in [0.25, 0.3) is 0 Å². The van der Waals surface area contributed by atoms with E-state index in [0.29, 0.717) is 11.4 Å². The van der Waals surface area contributed by atoms with Crippen LogP contribution in [-0.2, 0) is 14.8 Å². The van der Waals surface area contributed by atoms with Gasteiger partial charge < -0.3 is 5.32 Å². The van der Waals surface area contributed by atoms with Crippen LogP contribution in [0.15, 0.2) is 77.7 Å². The molecule has 7 heteroatoms. The van der Waals surface area contributed by atoms with E-state index in [9.17, 15) is 13.2 Å². The van der Waals surface area contributed by atoms with Crippen LogP contribution in [0.1, 0.15) is 11.1 Å². The van der Waals surface area contributed by atoms with Crippen molar-refractivity contribution in [1.82, 2.24) is 0 Å². The van der Waals surface area contributed by atoms with Crippen molar-refractivity contribution in [2.24, 2.45) is 0 Å².